The van der Waals surface area contributed by atoms with Gasteiger partial charge in [-0.1, -0.05) is 22.0 Å². The van der Waals surface area contributed by atoms with Crippen LogP contribution in [-0.4, -0.2) is 20.7 Å². The van der Waals surface area contributed by atoms with Gasteiger partial charge >= 0.3 is 0 Å². The standard InChI is InChI=1S/C15H11BrN4O/c16-12-4-1-3-11(9-12)15(21)19-13-5-6-14(17-10-13)20-8-2-7-18-20/h1-10H,(H,19,21). The molecular weight excluding hydrogens is 332 g/mol. The molecule has 0 aliphatic heterocycles. The largest absolute Gasteiger partial charge is 0.321 e. The zero-order chi connectivity index (χ0) is 14.7. The van der Waals surface area contributed by atoms with Gasteiger partial charge in [0, 0.05) is 22.4 Å². The van der Waals surface area contributed by atoms with E-state index >= 15 is 0 Å². The van der Waals surface area contributed by atoms with Gasteiger partial charge in [-0.3, -0.25) is 4.79 Å². The predicted octanol–water partition coefficient (Wildman–Crippen LogP) is 3.28. The lowest BCUT2D eigenvalue weighted by molar-refractivity contribution is 0.102. The van der Waals surface area contributed by atoms with E-state index in [1.807, 2.05) is 24.4 Å². The number of nitrogens with one attached hydrogen (secondary N) is 1. The molecule has 21 heavy (non-hydrogen) atoms. The lowest BCUT2D eigenvalue weighted by Crippen LogP contribution is -2.12. The van der Waals surface area contributed by atoms with Gasteiger partial charge in [0.2, 0.25) is 0 Å². The normalized spacial score (nSPS) is 10.3. The third-order valence-electron chi connectivity index (χ3n) is 2.83. The molecule has 0 bridgehead atoms. The molecule has 104 valence electrons. The van der Waals surface area contributed by atoms with Crippen LogP contribution in [0.3, 0.4) is 0 Å². The summed E-state index contributed by atoms with van der Waals surface area (Å²) >= 11 is 3.35. The van der Waals surface area contributed by atoms with Crippen molar-refractivity contribution in [1.29, 1.82) is 0 Å². The molecule has 0 saturated heterocycles. The molecule has 5 nitrogen and oxygen atoms in total. The van der Waals surface area contributed by atoms with Crippen LogP contribution in [0.5, 0.6) is 0 Å². The average molecular weight is 343 g/mol. The van der Waals surface area contributed by atoms with Gasteiger partial charge in [-0.15, -0.1) is 0 Å². The van der Waals surface area contributed by atoms with Gasteiger partial charge in [-0.25, -0.2) is 9.67 Å². The minimum absolute atomic E-state index is 0.176. The van der Waals surface area contributed by atoms with Crippen molar-refractivity contribution in [3.05, 3.63) is 71.1 Å². The Labute approximate surface area is 129 Å². The number of hydrogen-bond acceptors (Lipinski definition) is 3. The number of carbonyl (C=O) groups excluding carboxylic acids is 1. The summed E-state index contributed by atoms with van der Waals surface area (Å²) in [6.45, 7) is 0. The van der Waals surface area contributed by atoms with E-state index in [1.54, 1.807) is 41.3 Å². The first-order chi connectivity index (χ1) is 10.2. The number of pyridine rings is 1. The minimum atomic E-state index is -0.176. The summed E-state index contributed by atoms with van der Waals surface area (Å²) in [6, 6.07) is 12.6. The molecule has 0 radical (unpaired) electrons. The maximum atomic E-state index is 12.1. The maximum absolute atomic E-state index is 12.1. The second kappa shape index (κ2) is 5.88. The summed E-state index contributed by atoms with van der Waals surface area (Å²) in [5.74, 6) is 0.519. The van der Waals surface area contributed by atoms with Gasteiger partial charge in [0.1, 0.15) is 0 Å². The van der Waals surface area contributed by atoms with Crippen LogP contribution in [0.1, 0.15) is 10.4 Å². The third-order valence-corrected chi connectivity index (χ3v) is 3.32. The smallest absolute Gasteiger partial charge is 0.255 e. The van der Waals surface area contributed by atoms with E-state index < -0.39 is 0 Å². The summed E-state index contributed by atoms with van der Waals surface area (Å²) in [5, 5.41) is 6.90. The van der Waals surface area contributed by atoms with E-state index in [9.17, 15) is 4.79 Å². The Morgan fingerprint density at radius 3 is 2.76 bits per heavy atom. The zero-order valence-corrected chi connectivity index (χ0v) is 12.5. The Kier molecular flexibility index (Phi) is 3.79. The Morgan fingerprint density at radius 2 is 2.10 bits per heavy atom. The first-order valence-corrected chi connectivity index (χ1v) is 7.05. The second-order valence-corrected chi connectivity index (χ2v) is 5.24. The molecule has 0 aliphatic rings. The van der Waals surface area contributed by atoms with Crippen molar-refractivity contribution in [2.75, 3.05) is 5.32 Å². The highest BCUT2D eigenvalue weighted by Gasteiger charge is 2.07. The van der Waals surface area contributed by atoms with Crippen LogP contribution in [0.15, 0.2) is 65.5 Å². The molecule has 2 heterocycles. The molecule has 2 aromatic heterocycles. The highest BCUT2D eigenvalue weighted by atomic mass is 79.9. The molecule has 0 saturated carbocycles. The lowest BCUT2D eigenvalue weighted by Gasteiger charge is -2.06. The van der Waals surface area contributed by atoms with Crippen molar-refractivity contribution < 1.29 is 4.79 Å². The van der Waals surface area contributed by atoms with Crippen LogP contribution < -0.4 is 5.32 Å². The summed E-state index contributed by atoms with van der Waals surface area (Å²) < 4.78 is 2.52. The molecule has 1 aromatic carbocycles. The summed E-state index contributed by atoms with van der Waals surface area (Å²) in [6.07, 6.45) is 5.10. The van der Waals surface area contributed by atoms with Crippen molar-refractivity contribution >= 4 is 27.5 Å². The third kappa shape index (κ3) is 3.17. The number of benzene rings is 1. The molecule has 6 heteroatoms. The summed E-state index contributed by atoms with van der Waals surface area (Å²) in [4.78, 5) is 16.4. The average Bonchev–Trinajstić information content (AvgIpc) is 3.02. The fourth-order valence-electron chi connectivity index (χ4n) is 1.83. The van der Waals surface area contributed by atoms with Crippen molar-refractivity contribution in [2.45, 2.75) is 0 Å². The summed E-state index contributed by atoms with van der Waals surface area (Å²) in [7, 11) is 0. The number of aromatic nitrogens is 3. The van der Waals surface area contributed by atoms with Gasteiger partial charge in [-0.2, -0.15) is 5.10 Å². The zero-order valence-electron chi connectivity index (χ0n) is 10.9. The van der Waals surface area contributed by atoms with Gasteiger partial charge in [0.25, 0.3) is 5.91 Å². The lowest BCUT2D eigenvalue weighted by atomic mass is 10.2. The van der Waals surface area contributed by atoms with Crippen LogP contribution in [-0.2, 0) is 0 Å². The fourth-order valence-corrected chi connectivity index (χ4v) is 2.23. The number of amides is 1. The van der Waals surface area contributed by atoms with E-state index in [0.29, 0.717) is 17.1 Å². The second-order valence-electron chi connectivity index (χ2n) is 4.32. The number of nitrogens with zero attached hydrogens (tertiary/aromatic N) is 3. The molecular formula is C15H11BrN4O. The van der Waals surface area contributed by atoms with E-state index in [-0.39, 0.29) is 5.91 Å². The fraction of sp³-hybridized carbons (Fsp3) is 0. The first-order valence-electron chi connectivity index (χ1n) is 6.25. The molecule has 0 spiro atoms. The molecule has 0 atom stereocenters. The summed E-state index contributed by atoms with van der Waals surface area (Å²) in [5.41, 5.74) is 1.22. The van der Waals surface area contributed by atoms with E-state index in [0.717, 1.165) is 4.47 Å². The van der Waals surface area contributed by atoms with Crippen LogP contribution in [0.2, 0.25) is 0 Å². The van der Waals surface area contributed by atoms with Crippen LogP contribution >= 0.6 is 15.9 Å². The monoisotopic (exact) mass is 342 g/mol. The molecule has 0 fully saturated rings. The van der Waals surface area contributed by atoms with Crippen molar-refractivity contribution in [2.24, 2.45) is 0 Å². The van der Waals surface area contributed by atoms with Crippen molar-refractivity contribution in [3.8, 4) is 5.82 Å². The van der Waals surface area contributed by atoms with Gasteiger partial charge in [0.05, 0.1) is 11.9 Å². The number of rotatable bonds is 3. The van der Waals surface area contributed by atoms with Crippen LogP contribution in [0.25, 0.3) is 5.82 Å². The van der Waals surface area contributed by atoms with Crippen LogP contribution in [0, 0.1) is 0 Å². The van der Waals surface area contributed by atoms with Gasteiger partial charge in [-0.05, 0) is 36.4 Å². The molecule has 3 rings (SSSR count). The highest BCUT2D eigenvalue weighted by Crippen LogP contribution is 2.14. The van der Waals surface area contributed by atoms with Crippen LogP contribution in [0.4, 0.5) is 5.69 Å². The van der Waals surface area contributed by atoms with Crippen molar-refractivity contribution in [3.63, 3.8) is 0 Å². The Morgan fingerprint density at radius 1 is 1.19 bits per heavy atom. The number of hydrogen-bond donors (Lipinski definition) is 1. The molecule has 0 aliphatic carbocycles. The first kappa shape index (κ1) is 13.5. The molecule has 3 aromatic rings. The SMILES string of the molecule is O=C(Nc1ccc(-n2cccn2)nc1)c1cccc(Br)c1. The number of halogens is 1. The molecule has 0 unspecified atom stereocenters. The Balaban J connectivity index is 1.75. The van der Waals surface area contributed by atoms with E-state index in [1.165, 1.54) is 0 Å². The van der Waals surface area contributed by atoms with Gasteiger partial charge in [0.15, 0.2) is 5.82 Å². The van der Waals surface area contributed by atoms with E-state index in [2.05, 4.69) is 31.3 Å². The molecule has 1 amide bonds. The van der Waals surface area contributed by atoms with Crippen molar-refractivity contribution in [1.82, 2.24) is 14.8 Å². The Bertz CT molecular complexity index is 754. The Hall–Kier alpha value is -2.47. The predicted molar refractivity (Wildman–Crippen MR) is 83.5 cm³/mol. The number of anilines is 1. The van der Waals surface area contributed by atoms with E-state index in [4.69, 9.17) is 0 Å². The quantitative estimate of drug-likeness (QED) is 0.794. The molecule has 1 N–H and O–H groups in total. The highest BCUT2D eigenvalue weighted by molar-refractivity contribution is 9.10. The minimum Gasteiger partial charge on any atom is -0.321 e. The van der Waals surface area contributed by atoms with Gasteiger partial charge < -0.3 is 5.32 Å². The topological polar surface area (TPSA) is 59.8 Å². The number of carbonyl (C=O) groups is 1. The maximum Gasteiger partial charge on any atom is 0.255 e.